The zero-order valence-corrected chi connectivity index (χ0v) is 18.8. The van der Waals surface area contributed by atoms with Gasteiger partial charge in [0.15, 0.2) is 0 Å². The van der Waals surface area contributed by atoms with Gasteiger partial charge in [-0.25, -0.2) is 4.79 Å². The molecule has 2 aliphatic rings. The molecule has 0 amide bonds. The lowest BCUT2D eigenvalue weighted by Gasteiger charge is -2.42. The van der Waals surface area contributed by atoms with Gasteiger partial charge in [-0.2, -0.15) is 0 Å². The first-order valence-electron chi connectivity index (χ1n) is 10.6. The topological polar surface area (TPSA) is 74.7 Å². The van der Waals surface area contributed by atoms with E-state index in [1.807, 2.05) is 12.1 Å². The quantitative estimate of drug-likeness (QED) is 0.458. The summed E-state index contributed by atoms with van der Waals surface area (Å²) in [6.45, 7) is 2.72. The summed E-state index contributed by atoms with van der Waals surface area (Å²) >= 11 is 5.98. The summed E-state index contributed by atoms with van der Waals surface area (Å²) in [5.41, 5.74) is 0.313. The summed E-state index contributed by atoms with van der Waals surface area (Å²) in [5, 5.41) is 9.57. The molecule has 0 bridgehead atoms. The summed E-state index contributed by atoms with van der Waals surface area (Å²) in [6, 6.07) is 7.42. The van der Waals surface area contributed by atoms with Crippen LogP contribution in [0.4, 0.5) is 0 Å². The molecule has 1 aliphatic carbocycles. The van der Waals surface area contributed by atoms with Crippen molar-refractivity contribution in [2.45, 2.75) is 57.8 Å². The van der Waals surface area contributed by atoms with Crippen LogP contribution in [0.5, 0.6) is 0 Å². The molecule has 3 rings (SSSR count). The molecule has 1 heterocycles. The number of benzene rings is 1. The van der Waals surface area contributed by atoms with Gasteiger partial charge >= 0.3 is 5.97 Å². The van der Waals surface area contributed by atoms with Crippen LogP contribution in [0, 0.1) is 11.3 Å². The summed E-state index contributed by atoms with van der Waals surface area (Å²) in [7, 11) is 0. The first-order chi connectivity index (χ1) is 13.9. The lowest BCUT2D eigenvalue weighted by molar-refractivity contribution is -0.151. The number of carbonyl (C=O) groups excluding carboxylic acids is 2. The second-order valence-electron chi connectivity index (χ2n) is 8.72. The van der Waals surface area contributed by atoms with Gasteiger partial charge in [0.2, 0.25) is 5.78 Å². The Balaban J connectivity index is 0.00000320. The zero-order valence-electron chi connectivity index (χ0n) is 17.3. The van der Waals surface area contributed by atoms with E-state index in [0.717, 1.165) is 31.1 Å². The minimum atomic E-state index is -1.53. The molecule has 1 saturated heterocycles. The molecule has 0 radical (unpaired) electrons. The maximum atomic E-state index is 13.1. The second-order valence-corrected chi connectivity index (χ2v) is 9.15. The van der Waals surface area contributed by atoms with Crippen LogP contribution < -0.4 is 0 Å². The van der Waals surface area contributed by atoms with Crippen LogP contribution in [0.3, 0.4) is 0 Å². The van der Waals surface area contributed by atoms with Gasteiger partial charge in [-0.05, 0) is 68.8 Å². The lowest BCUT2D eigenvalue weighted by atomic mass is 9.69. The monoisotopic (exact) mass is 455 g/mol. The van der Waals surface area contributed by atoms with Crippen LogP contribution in [0.2, 0.25) is 5.02 Å². The summed E-state index contributed by atoms with van der Waals surface area (Å²) in [6.07, 6.45) is 7.87. The van der Waals surface area contributed by atoms with E-state index >= 15 is 0 Å². The number of Topliss-reactive ketones (excluding diaryl/α,β-unsaturated/α-hetero) is 2. The van der Waals surface area contributed by atoms with E-state index in [9.17, 15) is 14.4 Å². The van der Waals surface area contributed by atoms with E-state index in [-0.39, 0.29) is 18.2 Å². The Morgan fingerprint density at radius 1 is 1.03 bits per heavy atom. The van der Waals surface area contributed by atoms with Crippen molar-refractivity contribution in [2.75, 3.05) is 19.6 Å². The molecule has 7 heteroatoms. The molecule has 0 unspecified atom stereocenters. The van der Waals surface area contributed by atoms with E-state index in [2.05, 4.69) is 4.90 Å². The van der Waals surface area contributed by atoms with E-state index in [1.165, 1.54) is 32.1 Å². The Labute approximate surface area is 189 Å². The number of carboxylic acid groups (broad SMARTS) is 1. The standard InChI is InChI=1S/C23H30ClNO4.ClH/c24-19-8-6-17(7-9-19)15-23(21(27)14-20(26)22(28)29)10-12-25(13-11-23)16-18-4-2-1-3-5-18;/h6-9,18H,1-5,10-16H2,(H,28,29);1H. The maximum absolute atomic E-state index is 13.1. The largest absolute Gasteiger partial charge is 0.475 e. The number of nitrogens with zero attached hydrogens (tertiary/aromatic N) is 1. The van der Waals surface area contributed by atoms with Crippen LogP contribution in [-0.4, -0.2) is 47.2 Å². The fourth-order valence-electron chi connectivity index (χ4n) is 4.85. The Hall–Kier alpha value is -1.43. The van der Waals surface area contributed by atoms with E-state index < -0.39 is 23.6 Å². The summed E-state index contributed by atoms with van der Waals surface area (Å²) in [5.74, 6) is -2.04. The van der Waals surface area contributed by atoms with Crippen molar-refractivity contribution >= 4 is 41.5 Å². The van der Waals surface area contributed by atoms with Crippen LogP contribution in [0.15, 0.2) is 24.3 Å². The average Bonchev–Trinajstić information content (AvgIpc) is 2.72. The molecule has 1 aliphatic heterocycles. The molecule has 30 heavy (non-hydrogen) atoms. The fraction of sp³-hybridized carbons (Fsp3) is 0.609. The van der Waals surface area contributed by atoms with E-state index in [4.69, 9.17) is 16.7 Å². The van der Waals surface area contributed by atoms with Gasteiger partial charge in [-0.1, -0.05) is 43.0 Å². The van der Waals surface area contributed by atoms with E-state index in [0.29, 0.717) is 24.3 Å². The van der Waals surface area contributed by atoms with Gasteiger partial charge in [0, 0.05) is 17.0 Å². The Kier molecular flexibility index (Phi) is 9.32. The Morgan fingerprint density at radius 2 is 1.63 bits per heavy atom. The highest BCUT2D eigenvalue weighted by molar-refractivity contribution is 6.36. The van der Waals surface area contributed by atoms with Crippen molar-refractivity contribution < 1.29 is 19.5 Å². The zero-order chi connectivity index (χ0) is 20.9. The normalized spacial score (nSPS) is 19.6. The third-order valence-electron chi connectivity index (χ3n) is 6.66. The van der Waals surface area contributed by atoms with Crippen molar-refractivity contribution in [2.24, 2.45) is 11.3 Å². The molecule has 1 N–H and O–H groups in total. The number of aliphatic carboxylic acids is 1. The van der Waals surface area contributed by atoms with Gasteiger partial charge in [-0.3, -0.25) is 9.59 Å². The fourth-order valence-corrected chi connectivity index (χ4v) is 4.98. The van der Waals surface area contributed by atoms with Gasteiger partial charge in [0.1, 0.15) is 5.78 Å². The molecular formula is C23H31Cl2NO4. The minimum absolute atomic E-state index is 0. The molecule has 0 spiro atoms. The lowest BCUT2D eigenvalue weighted by Crippen LogP contribution is -2.47. The molecule has 1 aromatic rings. The molecule has 0 atom stereocenters. The third-order valence-corrected chi connectivity index (χ3v) is 6.91. The highest BCUT2D eigenvalue weighted by atomic mass is 35.5. The average molecular weight is 456 g/mol. The summed E-state index contributed by atoms with van der Waals surface area (Å²) in [4.78, 5) is 38.2. The number of likely N-dealkylation sites (tertiary alicyclic amines) is 1. The molecule has 166 valence electrons. The third kappa shape index (κ3) is 6.53. The first-order valence-corrected chi connectivity index (χ1v) is 11.0. The van der Waals surface area contributed by atoms with Crippen LogP contribution in [0.25, 0.3) is 0 Å². The molecule has 5 nitrogen and oxygen atoms in total. The van der Waals surface area contributed by atoms with Crippen molar-refractivity contribution in [3.8, 4) is 0 Å². The van der Waals surface area contributed by atoms with Gasteiger partial charge < -0.3 is 10.0 Å². The number of hydrogen-bond donors (Lipinski definition) is 1. The highest BCUT2D eigenvalue weighted by Crippen LogP contribution is 2.38. The summed E-state index contributed by atoms with van der Waals surface area (Å²) < 4.78 is 0. The van der Waals surface area contributed by atoms with Crippen LogP contribution in [-0.2, 0) is 20.8 Å². The number of rotatable bonds is 8. The van der Waals surface area contributed by atoms with Crippen LogP contribution >= 0.6 is 24.0 Å². The number of carbonyl (C=O) groups is 3. The number of halogens is 2. The molecule has 1 aromatic carbocycles. The second kappa shape index (κ2) is 11.3. The van der Waals surface area contributed by atoms with Gasteiger partial charge in [0.05, 0.1) is 6.42 Å². The molecule has 0 aromatic heterocycles. The SMILES string of the molecule is Cl.O=C(O)C(=O)CC(=O)C1(Cc2ccc(Cl)cc2)CCN(CC2CCCCC2)CC1. The van der Waals surface area contributed by atoms with Gasteiger partial charge in [0.25, 0.3) is 0 Å². The smallest absolute Gasteiger partial charge is 0.372 e. The number of carboxylic acids is 1. The highest BCUT2D eigenvalue weighted by Gasteiger charge is 2.42. The molecule has 2 fully saturated rings. The minimum Gasteiger partial charge on any atom is -0.475 e. The Bertz CT molecular complexity index is 736. The number of ketones is 2. The Morgan fingerprint density at radius 3 is 2.20 bits per heavy atom. The van der Waals surface area contributed by atoms with E-state index in [1.54, 1.807) is 12.1 Å². The first kappa shape index (κ1) is 24.8. The predicted octanol–water partition coefficient (Wildman–Crippen LogP) is 4.58. The van der Waals surface area contributed by atoms with Gasteiger partial charge in [-0.15, -0.1) is 12.4 Å². The molecule has 1 saturated carbocycles. The van der Waals surface area contributed by atoms with Crippen molar-refractivity contribution in [1.82, 2.24) is 4.90 Å². The van der Waals surface area contributed by atoms with Crippen molar-refractivity contribution in [3.63, 3.8) is 0 Å². The predicted molar refractivity (Wildman–Crippen MR) is 119 cm³/mol. The number of hydrogen-bond acceptors (Lipinski definition) is 4. The number of piperidine rings is 1. The maximum Gasteiger partial charge on any atom is 0.372 e. The van der Waals surface area contributed by atoms with Crippen molar-refractivity contribution in [1.29, 1.82) is 0 Å². The molecular weight excluding hydrogens is 425 g/mol. The van der Waals surface area contributed by atoms with Crippen LogP contribution in [0.1, 0.15) is 56.9 Å². The van der Waals surface area contributed by atoms with Crippen molar-refractivity contribution in [3.05, 3.63) is 34.9 Å².